The number of hydrogen-bond acceptors (Lipinski definition) is 4. The number of hydrogen-bond donors (Lipinski definition) is 1. The van der Waals surface area contributed by atoms with Crippen LogP contribution < -0.4 is 5.73 Å². The molecule has 0 amide bonds. The van der Waals surface area contributed by atoms with Crippen molar-refractivity contribution in [2.45, 2.75) is 6.42 Å². The van der Waals surface area contributed by atoms with E-state index in [0.29, 0.717) is 5.56 Å². The molecule has 0 aliphatic heterocycles. The fourth-order valence-electron chi connectivity index (χ4n) is 1.04. The number of Topliss-reactive ketones (excluding diaryl/α,β-unsaturated/α-hetero) is 1. The van der Waals surface area contributed by atoms with E-state index in [1.807, 2.05) is 6.07 Å². The van der Waals surface area contributed by atoms with Crippen molar-refractivity contribution in [1.29, 1.82) is 0 Å². The molecule has 0 heterocycles. The summed E-state index contributed by atoms with van der Waals surface area (Å²) in [6.07, 6.45) is 0.141. The highest BCUT2D eigenvalue weighted by atomic mass is 16.5. The van der Waals surface area contributed by atoms with Gasteiger partial charge in [-0.1, -0.05) is 30.3 Å². The number of benzene rings is 1. The van der Waals surface area contributed by atoms with Gasteiger partial charge >= 0.3 is 5.97 Å². The second-order valence-corrected chi connectivity index (χ2v) is 2.99. The van der Waals surface area contributed by atoms with E-state index in [1.54, 1.807) is 24.3 Å². The Morgan fingerprint density at radius 3 is 2.47 bits per heavy atom. The number of nitrogens with two attached hydrogens (primary N) is 1. The van der Waals surface area contributed by atoms with Gasteiger partial charge in [0.25, 0.3) is 0 Å². The van der Waals surface area contributed by atoms with E-state index >= 15 is 0 Å². The number of rotatable bonds is 5. The Balaban J connectivity index is 2.40. The van der Waals surface area contributed by atoms with E-state index in [9.17, 15) is 9.59 Å². The van der Waals surface area contributed by atoms with Gasteiger partial charge in [0.1, 0.15) is 0 Å². The molecule has 0 unspecified atom stereocenters. The van der Waals surface area contributed by atoms with Gasteiger partial charge in [0.15, 0.2) is 12.4 Å². The van der Waals surface area contributed by atoms with Crippen molar-refractivity contribution in [1.82, 2.24) is 0 Å². The maximum atomic E-state index is 11.4. The number of esters is 1. The zero-order valence-corrected chi connectivity index (χ0v) is 8.31. The molecule has 0 fully saturated rings. The maximum absolute atomic E-state index is 11.4. The van der Waals surface area contributed by atoms with Crippen LogP contribution >= 0.6 is 0 Å². The highest BCUT2D eigenvalue weighted by Crippen LogP contribution is 2.00. The average molecular weight is 207 g/mol. The maximum Gasteiger partial charge on any atom is 0.307 e. The van der Waals surface area contributed by atoms with Crippen molar-refractivity contribution in [3.63, 3.8) is 0 Å². The van der Waals surface area contributed by atoms with Crippen LogP contribution in [-0.2, 0) is 9.53 Å². The number of carbonyl (C=O) groups excluding carboxylic acids is 2. The molecule has 0 saturated heterocycles. The van der Waals surface area contributed by atoms with Crippen molar-refractivity contribution in [3.8, 4) is 0 Å². The normalized spacial score (nSPS) is 9.67. The first-order valence-corrected chi connectivity index (χ1v) is 4.68. The van der Waals surface area contributed by atoms with Crippen LogP contribution in [0.1, 0.15) is 16.8 Å². The number of ketones is 1. The van der Waals surface area contributed by atoms with E-state index in [-0.39, 0.29) is 25.4 Å². The Morgan fingerprint density at radius 2 is 1.87 bits per heavy atom. The monoisotopic (exact) mass is 207 g/mol. The molecular formula is C11H13NO3. The summed E-state index contributed by atoms with van der Waals surface area (Å²) < 4.78 is 4.73. The second kappa shape index (κ2) is 5.93. The second-order valence-electron chi connectivity index (χ2n) is 2.99. The largest absolute Gasteiger partial charge is 0.457 e. The molecule has 4 heteroatoms. The topological polar surface area (TPSA) is 69.4 Å². The molecule has 0 atom stereocenters. The summed E-state index contributed by atoms with van der Waals surface area (Å²) in [6.45, 7) is 0.0151. The lowest BCUT2D eigenvalue weighted by atomic mass is 10.1. The van der Waals surface area contributed by atoms with Gasteiger partial charge < -0.3 is 10.5 Å². The van der Waals surface area contributed by atoms with Gasteiger partial charge in [-0.3, -0.25) is 9.59 Å². The average Bonchev–Trinajstić information content (AvgIpc) is 2.27. The van der Waals surface area contributed by atoms with Crippen molar-refractivity contribution in [2.75, 3.05) is 13.2 Å². The summed E-state index contributed by atoms with van der Waals surface area (Å²) in [7, 11) is 0. The third kappa shape index (κ3) is 3.91. The minimum Gasteiger partial charge on any atom is -0.457 e. The zero-order valence-electron chi connectivity index (χ0n) is 8.31. The number of carbonyl (C=O) groups is 2. The predicted octanol–water partition coefficient (Wildman–Crippen LogP) is 0.761. The Bertz CT molecular complexity index is 335. The molecular weight excluding hydrogens is 194 g/mol. The van der Waals surface area contributed by atoms with Crippen molar-refractivity contribution >= 4 is 11.8 Å². The SMILES string of the molecule is NCCC(=O)OCC(=O)c1ccccc1. The first-order chi connectivity index (χ1) is 7.24. The van der Waals surface area contributed by atoms with Crippen LogP contribution in [0.5, 0.6) is 0 Å². The molecule has 0 saturated carbocycles. The summed E-state index contributed by atoms with van der Waals surface area (Å²) in [5.74, 6) is -0.650. The van der Waals surface area contributed by atoms with E-state index < -0.39 is 5.97 Å². The lowest BCUT2D eigenvalue weighted by Crippen LogP contribution is -2.16. The smallest absolute Gasteiger partial charge is 0.307 e. The molecule has 1 aromatic rings. The number of ether oxygens (including phenoxy) is 1. The Labute approximate surface area is 88.0 Å². The lowest BCUT2D eigenvalue weighted by Gasteiger charge is -2.02. The molecule has 1 rings (SSSR count). The van der Waals surface area contributed by atoms with Gasteiger partial charge in [-0.15, -0.1) is 0 Å². The first-order valence-electron chi connectivity index (χ1n) is 4.68. The van der Waals surface area contributed by atoms with E-state index in [0.717, 1.165) is 0 Å². The van der Waals surface area contributed by atoms with Gasteiger partial charge in [0.2, 0.25) is 0 Å². The predicted molar refractivity (Wildman–Crippen MR) is 55.4 cm³/mol. The van der Waals surface area contributed by atoms with Crippen molar-refractivity contribution in [2.24, 2.45) is 5.73 Å². The highest BCUT2D eigenvalue weighted by Gasteiger charge is 2.08. The fourth-order valence-corrected chi connectivity index (χ4v) is 1.04. The molecule has 1 aromatic carbocycles. The van der Waals surface area contributed by atoms with Crippen LogP contribution in [0.25, 0.3) is 0 Å². The minimum absolute atomic E-state index is 0.141. The molecule has 15 heavy (non-hydrogen) atoms. The molecule has 4 nitrogen and oxygen atoms in total. The van der Waals surface area contributed by atoms with E-state index in [2.05, 4.69) is 0 Å². The molecule has 80 valence electrons. The Morgan fingerprint density at radius 1 is 1.20 bits per heavy atom. The summed E-state index contributed by atoms with van der Waals surface area (Å²) in [4.78, 5) is 22.4. The molecule has 2 N–H and O–H groups in total. The van der Waals surface area contributed by atoms with Crippen molar-refractivity contribution in [3.05, 3.63) is 35.9 Å². The standard InChI is InChI=1S/C11H13NO3/c12-7-6-11(14)15-8-10(13)9-4-2-1-3-5-9/h1-5H,6-8,12H2. The van der Waals surface area contributed by atoms with Gasteiger partial charge in [0.05, 0.1) is 6.42 Å². The molecule has 0 bridgehead atoms. The molecule has 0 spiro atoms. The molecule has 0 aromatic heterocycles. The van der Waals surface area contributed by atoms with Crippen LogP contribution in [0.3, 0.4) is 0 Å². The van der Waals surface area contributed by atoms with Crippen LogP contribution in [0, 0.1) is 0 Å². The van der Waals surface area contributed by atoms with Gasteiger partial charge in [-0.2, -0.15) is 0 Å². The Hall–Kier alpha value is -1.68. The summed E-state index contributed by atoms with van der Waals surface area (Å²) in [5, 5.41) is 0. The van der Waals surface area contributed by atoms with Gasteiger partial charge in [0, 0.05) is 12.1 Å². The third-order valence-electron chi connectivity index (χ3n) is 1.81. The van der Waals surface area contributed by atoms with Gasteiger partial charge in [-0.05, 0) is 0 Å². The van der Waals surface area contributed by atoms with Gasteiger partial charge in [-0.25, -0.2) is 0 Å². The Kier molecular flexibility index (Phi) is 4.50. The van der Waals surface area contributed by atoms with E-state index in [1.165, 1.54) is 0 Å². The van der Waals surface area contributed by atoms with Crippen LogP contribution in [0.2, 0.25) is 0 Å². The summed E-state index contributed by atoms with van der Waals surface area (Å²) >= 11 is 0. The van der Waals surface area contributed by atoms with Crippen molar-refractivity contribution < 1.29 is 14.3 Å². The molecule has 0 radical (unpaired) electrons. The van der Waals surface area contributed by atoms with Crippen LogP contribution in [0.4, 0.5) is 0 Å². The summed E-state index contributed by atoms with van der Waals surface area (Å²) in [5.41, 5.74) is 5.70. The first kappa shape index (κ1) is 11.4. The molecule has 0 aliphatic rings. The molecule has 0 aliphatic carbocycles. The highest BCUT2D eigenvalue weighted by molar-refractivity contribution is 5.97. The quantitative estimate of drug-likeness (QED) is 0.571. The van der Waals surface area contributed by atoms with Crippen LogP contribution in [0.15, 0.2) is 30.3 Å². The zero-order chi connectivity index (χ0) is 11.1. The minimum atomic E-state index is -0.443. The summed E-state index contributed by atoms with van der Waals surface area (Å²) in [6, 6.07) is 8.69. The lowest BCUT2D eigenvalue weighted by molar-refractivity contribution is -0.142. The van der Waals surface area contributed by atoms with E-state index in [4.69, 9.17) is 10.5 Å². The fraction of sp³-hybridized carbons (Fsp3) is 0.273. The van der Waals surface area contributed by atoms with Crippen LogP contribution in [-0.4, -0.2) is 24.9 Å². The third-order valence-corrected chi connectivity index (χ3v) is 1.81.